The lowest BCUT2D eigenvalue weighted by atomic mass is 9.68. The SMILES string of the molecule is c1ccc(N(c2cccc(-c3cccc4sc5ccc6c7ccccc7oc6c5c34)c2)c2cccc3c2-c2ccccc2C3(c2ccccc2)c2ccccc2)cc1. The van der Waals surface area contributed by atoms with Gasteiger partial charge in [0.1, 0.15) is 11.2 Å². The van der Waals surface area contributed by atoms with E-state index in [-0.39, 0.29) is 0 Å². The molecule has 12 rings (SSSR count). The highest BCUT2D eigenvalue weighted by Gasteiger charge is 2.47. The molecular formula is C55H35NOS. The van der Waals surface area contributed by atoms with Crippen LogP contribution in [0, 0.1) is 0 Å². The summed E-state index contributed by atoms with van der Waals surface area (Å²) in [6.07, 6.45) is 0. The van der Waals surface area contributed by atoms with Crippen LogP contribution < -0.4 is 4.90 Å². The van der Waals surface area contributed by atoms with E-state index in [9.17, 15) is 0 Å². The molecule has 2 aromatic heterocycles. The first-order valence-corrected chi connectivity index (χ1v) is 20.7. The predicted molar refractivity (Wildman–Crippen MR) is 244 cm³/mol. The second kappa shape index (κ2) is 12.9. The summed E-state index contributed by atoms with van der Waals surface area (Å²) >= 11 is 1.83. The number of benzene rings is 9. The standard InChI is InChI=1S/C55H35NOS/c1-4-18-37(19-5-1)55(38-20-6-2-7-21-38)45-28-12-10-26-44(45)51-46(55)29-16-30-47(51)56(39-22-8-3-9-23-39)40-24-14-17-36(35-40)41-27-15-32-49-52(41)53-50(58-49)34-33-43-42-25-11-13-31-48(42)57-54(43)53/h1-35H. The van der Waals surface area contributed by atoms with Crippen molar-refractivity contribution in [2.24, 2.45) is 0 Å². The van der Waals surface area contributed by atoms with Gasteiger partial charge in [-0.25, -0.2) is 0 Å². The Hall–Kier alpha value is -7.20. The van der Waals surface area contributed by atoms with Crippen LogP contribution in [0.25, 0.3) is 64.4 Å². The molecule has 2 nitrogen and oxygen atoms in total. The van der Waals surface area contributed by atoms with Crippen molar-refractivity contribution in [2.75, 3.05) is 4.90 Å². The van der Waals surface area contributed by atoms with Gasteiger partial charge in [-0.1, -0.05) is 158 Å². The first-order chi connectivity index (χ1) is 28.8. The third-order valence-electron chi connectivity index (χ3n) is 12.1. The van der Waals surface area contributed by atoms with E-state index in [1.807, 2.05) is 17.4 Å². The summed E-state index contributed by atoms with van der Waals surface area (Å²) < 4.78 is 9.13. The van der Waals surface area contributed by atoms with E-state index in [4.69, 9.17) is 4.42 Å². The van der Waals surface area contributed by atoms with Crippen LogP contribution in [-0.2, 0) is 5.41 Å². The summed E-state index contributed by atoms with van der Waals surface area (Å²) in [6.45, 7) is 0. The number of hydrogen-bond donors (Lipinski definition) is 0. The number of para-hydroxylation sites is 2. The second-order valence-electron chi connectivity index (χ2n) is 15.1. The first-order valence-electron chi connectivity index (χ1n) is 19.8. The molecule has 272 valence electrons. The summed E-state index contributed by atoms with van der Waals surface area (Å²) in [5, 5.41) is 4.73. The summed E-state index contributed by atoms with van der Waals surface area (Å²) in [5.74, 6) is 0. The van der Waals surface area contributed by atoms with Crippen LogP contribution in [0.1, 0.15) is 22.3 Å². The molecule has 0 amide bonds. The lowest BCUT2D eigenvalue weighted by Crippen LogP contribution is -2.28. The van der Waals surface area contributed by atoms with Crippen LogP contribution in [0.5, 0.6) is 0 Å². The number of rotatable bonds is 6. The second-order valence-corrected chi connectivity index (χ2v) is 16.2. The van der Waals surface area contributed by atoms with Crippen molar-refractivity contribution < 1.29 is 4.42 Å². The third-order valence-corrected chi connectivity index (χ3v) is 13.3. The van der Waals surface area contributed by atoms with Crippen LogP contribution in [0.3, 0.4) is 0 Å². The summed E-state index contributed by atoms with van der Waals surface area (Å²) in [5.41, 5.74) is 14.7. The maximum Gasteiger partial charge on any atom is 0.144 e. The quantitative estimate of drug-likeness (QED) is 0.168. The van der Waals surface area contributed by atoms with Crippen molar-refractivity contribution in [2.45, 2.75) is 5.41 Å². The highest BCUT2D eigenvalue weighted by molar-refractivity contribution is 7.26. The Balaban J connectivity index is 1.11. The topological polar surface area (TPSA) is 16.4 Å². The Kier molecular flexibility index (Phi) is 7.35. The Morgan fingerprint density at radius 3 is 1.86 bits per heavy atom. The highest BCUT2D eigenvalue weighted by atomic mass is 32.1. The van der Waals surface area contributed by atoms with Crippen LogP contribution in [-0.4, -0.2) is 0 Å². The lowest BCUT2D eigenvalue weighted by Gasteiger charge is -2.34. The zero-order chi connectivity index (χ0) is 38.2. The highest BCUT2D eigenvalue weighted by Crippen LogP contribution is 2.59. The van der Waals surface area contributed by atoms with Gasteiger partial charge in [-0.3, -0.25) is 0 Å². The van der Waals surface area contributed by atoms with Gasteiger partial charge >= 0.3 is 0 Å². The smallest absolute Gasteiger partial charge is 0.144 e. The average Bonchev–Trinajstić information content (AvgIpc) is 3.96. The first kappa shape index (κ1) is 33.0. The molecule has 58 heavy (non-hydrogen) atoms. The summed E-state index contributed by atoms with van der Waals surface area (Å²) in [6, 6.07) is 77.4. The number of thiophene rings is 1. The minimum atomic E-state index is -0.494. The number of furan rings is 1. The van der Waals surface area contributed by atoms with Gasteiger partial charge in [-0.15, -0.1) is 11.3 Å². The molecule has 0 N–H and O–H groups in total. The number of anilines is 3. The van der Waals surface area contributed by atoms with Crippen LogP contribution in [0.2, 0.25) is 0 Å². The molecule has 2 heterocycles. The monoisotopic (exact) mass is 757 g/mol. The Labute approximate surface area is 340 Å². The van der Waals surface area contributed by atoms with Crippen LogP contribution in [0.15, 0.2) is 217 Å². The van der Waals surface area contributed by atoms with Gasteiger partial charge in [0.25, 0.3) is 0 Å². The molecule has 11 aromatic rings. The van der Waals surface area contributed by atoms with Gasteiger partial charge in [-0.05, 0) is 93.5 Å². The molecule has 0 saturated heterocycles. The Morgan fingerprint density at radius 2 is 1.05 bits per heavy atom. The van der Waals surface area contributed by atoms with E-state index >= 15 is 0 Å². The van der Waals surface area contributed by atoms with Crippen molar-refractivity contribution in [3.8, 4) is 22.3 Å². The van der Waals surface area contributed by atoms with Crippen molar-refractivity contribution in [3.63, 3.8) is 0 Å². The van der Waals surface area contributed by atoms with Crippen molar-refractivity contribution >= 4 is 70.5 Å². The van der Waals surface area contributed by atoms with E-state index in [0.29, 0.717) is 0 Å². The Bertz CT molecular complexity index is 3300. The van der Waals surface area contributed by atoms with E-state index in [1.165, 1.54) is 59.1 Å². The fourth-order valence-electron chi connectivity index (χ4n) is 9.80. The maximum atomic E-state index is 6.65. The molecule has 0 saturated carbocycles. The lowest BCUT2D eigenvalue weighted by molar-refractivity contribution is 0.673. The molecule has 1 aliphatic carbocycles. The van der Waals surface area contributed by atoms with Gasteiger partial charge in [0.2, 0.25) is 0 Å². The zero-order valence-electron chi connectivity index (χ0n) is 31.5. The fraction of sp³-hybridized carbons (Fsp3) is 0.0182. The summed E-state index contributed by atoms with van der Waals surface area (Å²) in [4.78, 5) is 2.45. The number of fused-ring (bicyclic) bond motifs is 10. The molecule has 0 aliphatic heterocycles. The van der Waals surface area contributed by atoms with Gasteiger partial charge in [0, 0.05) is 47.9 Å². The van der Waals surface area contributed by atoms with Gasteiger partial charge in [0.05, 0.1) is 11.1 Å². The van der Waals surface area contributed by atoms with Crippen molar-refractivity contribution in [1.29, 1.82) is 0 Å². The van der Waals surface area contributed by atoms with Gasteiger partial charge in [0.15, 0.2) is 0 Å². The van der Waals surface area contributed by atoms with E-state index < -0.39 is 5.41 Å². The largest absolute Gasteiger partial charge is 0.455 e. The van der Waals surface area contributed by atoms with E-state index in [2.05, 4.69) is 211 Å². The summed E-state index contributed by atoms with van der Waals surface area (Å²) in [7, 11) is 0. The maximum absolute atomic E-state index is 6.65. The van der Waals surface area contributed by atoms with Gasteiger partial charge < -0.3 is 9.32 Å². The predicted octanol–water partition coefficient (Wildman–Crippen LogP) is 15.5. The van der Waals surface area contributed by atoms with Crippen LogP contribution in [0.4, 0.5) is 17.1 Å². The molecule has 0 radical (unpaired) electrons. The molecular weight excluding hydrogens is 723 g/mol. The molecule has 0 spiro atoms. The molecule has 9 aromatic carbocycles. The minimum Gasteiger partial charge on any atom is -0.455 e. The minimum absolute atomic E-state index is 0.494. The van der Waals surface area contributed by atoms with E-state index in [0.717, 1.165) is 44.6 Å². The fourth-order valence-corrected chi connectivity index (χ4v) is 10.9. The average molecular weight is 758 g/mol. The number of hydrogen-bond acceptors (Lipinski definition) is 3. The van der Waals surface area contributed by atoms with Crippen molar-refractivity contribution in [1.82, 2.24) is 0 Å². The van der Waals surface area contributed by atoms with E-state index in [1.54, 1.807) is 0 Å². The van der Waals surface area contributed by atoms with Crippen molar-refractivity contribution in [3.05, 3.63) is 235 Å². The Morgan fingerprint density at radius 1 is 0.431 bits per heavy atom. The molecule has 1 aliphatic rings. The molecule has 0 fully saturated rings. The molecule has 0 unspecified atom stereocenters. The number of nitrogens with zero attached hydrogens (tertiary/aromatic N) is 1. The molecule has 0 bridgehead atoms. The zero-order valence-corrected chi connectivity index (χ0v) is 32.3. The van der Waals surface area contributed by atoms with Crippen LogP contribution >= 0.6 is 11.3 Å². The van der Waals surface area contributed by atoms with Gasteiger partial charge in [-0.2, -0.15) is 0 Å². The normalized spacial score (nSPS) is 13.0. The molecule has 3 heteroatoms. The third kappa shape index (κ3) is 4.71. The molecule has 0 atom stereocenters.